The lowest BCUT2D eigenvalue weighted by Gasteiger charge is -2.36. The molecular formula is C30H42N4O8. The smallest absolute Gasteiger partial charge is 0.411 e. The molecule has 2 atom stereocenters. The van der Waals surface area contributed by atoms with Gasteiger partial charge in [0.1, 0.15) is 24.2 Å². The van der Waals surface area contributed by atoms with Crippen molar-refractivity contribution in [2.24, 2.45) is 0 Å². The largest absolute Gasteiger partial charge is 0.480 e. The Kier molecular flexibility index (Phi) is 11.8. The second kappa shape index (κ2) is 14.6. The Balaban J connectivity index is 2.11. The molecule has 1 heterocycles. The van der Waals surface area contributed by atoms with Crippen LogP contribution in [-0.2, 0) is 35.1 Å². The van der Waals surface area contributed by atoms with Gasteiger partial charge in [0.15, 0.2) is 0 Å². The van der Waals surface area contributed by atoms with Gasteiger partial charge in [-0.15, -0.1) is 0 Å². The number of carbonyl (C=O) groups excluding carboxylic acids is 5. The molecule has 2 rings (SSSR count). The van der Waals surface area contributed by atoms with Gasteiger partial charge in [0, 0.05) is 30.7 Å². The lowest BCUT2D eigenvalue weighted by Crippen LogP contribution is -2.56. The van der Waals surface area contributed by atoms with E-state index in [1.807, 2.05) is 0 Å². The third-order valence-electron chi connectivity index (χ3n) is 6.30. The van der Waals surface area contributed by atoms with Crippen LogP contribution in [0.2, 0.25) is 0 Å². The first-order chi connectivity index (χ1) is 19.5. The number of nitrogens with zero attached hydrogens (tertiary/aromatic N) is 2. The molecule has 3 N–H and O–H groups in total. The van der Waals surface area contributed by atoms with E-state index in [1.54, 1.807) is 71.9 Å². The second-order valence-corrected chi connectivity index (χ2v) is 12.1. The van der Waals surface area contributed by atoms with Crippen molar-refractivity contribution < 1.29 is 38.6 Å². The number of benzene rings is 1. The van der Waals surface area contributed by atoms with Crippen molar-refractivity contribution in [2.45, 2.75) is 90.4 Å². The highest BCUT2D eigenvalue weighted by atomic mass is 16.6. The summed E-state index contributed by atoms with van der Waals surface area (Å²) in [6, 6.07) is 6.52. The van der Waals surface area contributed by atoms with E-state index in [4.69, 9.17) is 4.74 Å². The van der Waals surface area contributed by atoms with Crippen molar-refractivity contribution in [1.82, 2.24) is 20.4 Å². The highest BCUT2D eigenvalue weighted by Gasteiger charge is 2.34. The van der Waals surface area contributed by atoms with Crippen molar-refractivity contribution in [2.75, 3.05) is 13.1 Å². The maximum atomic E-state index is 13.3. The minimum Gasteiger partial charge on any atom is -0.480 e. The summed E-state index contributed by atoms with van der Waals surface area (Å²) in [6.07, 6.45) is 2.48. The Bertz CT molecular complexity index is 1170. The fraction of sp³-hybridized carbons (Fsp3) is 0.533. The quantitative estimate of drug-likeness (QED) is 0.234. The molecule has 5 amide bonds. The number of hydrogen-bond donors (Lipinski definition) is 3. The van der Waals surface area contributed by atoms with Crippen LogP contribution in [0.25, 0.3) is 0 Å². The fourth-order valence-corrected chi connectivity index (χ4v) is 4.13. The molecule has 12 nitrogen and oxygen atoms in total. The number of unbranched alkanes of at least 4 members (excludes halogenated alkanes) is 1. The zero-order valence-corrected chi connectivity index (χ0v) is 25.1. The highest BCUT2D eigenvalue weighted by molar-refractivity contribution is 6.12. The average molecular weight is 587 g/mol. The maximum absolute atomic E-state index is 13.3. The molecule has 12 heteroatoms. The molecule has 1 aliphatic heterocycles. The molecule has 0 radical (unpaired) electrons. The molecule has 2 unspecified atom stereocenters. The van der Waals surface area contributed by atoms with Gasteiger partial charge < -0.3 is 20.5 Å². The summed E-state index contributed by atoms with van der Waals surface area (Å²) in [5.74, 6) is -3.41. The predicted octanol–water partition coefficient (Wildman–Crippen LogP) is 2.41. The number of carboxylic acid groups (broad SMARTS) is 1. The summed E-state index contributed by atoms with van der Waals surface area (Å²) < 4.78 is 5.46. The van der Waals surface area contributed by atoms with Crippen molar-refractivity contribution in [3.05, 3.63) is 48.0 Å². The molecule has 0 saturated carbocycles. The first kappa shape index (κ1) is 34.0. The summed E-state index contributed by atoms with van der Waals surface area (Å²) in [5.41, 5.74) is -0.820. The molecule has 0 aromatic heterocycles. The third-order valence-corrected chi connectivity index (χ3v) is 6.30. The Morgan fingerprint density at radius 1 is 0.905 bits per heavy atom. The molecule has 0 fully saturated rings. The van der Waals surface area contributed by atoms with E-state index in [0.717, 1.165) is 10.5 Å². The number of hydrogen-bond acceptors (Lipinski definition) is 7. The number of carboxylic acids is 1. The molecule has 0 aliphatic carbocycles. The van der Waals surface area contributed by atoms with Crippen molar-refractivity contribution in [1.29, 1.82) is 0 Å². The number of nitrogens with one attached hydrogen (secondary N) is 2. The van der Waals surface area contributed by atoms with Crippen LogP contribution < -0.4 is 10.6 Å². The molecule has 42 heavy (non-hydrogen) atoms. The van der Waals surface area contributed by atoms with Crippen LogP contribution in [-0.4, -0.2) is 86.9 Å². The van der Waals surface area contributed by atoms with E-state index >= 15 is 0 Å². The summed E-state index contributed by atoms with van der Waals surface area (Å²) in [6.45, 7) is 10.2. The Hall–Kier alpha value is -4.22. The van der Waals surface area contributed by atoms with E-state index in [-0.39, 0.29) is 25.9 Å². The van der Waals surface area contributed by atoms with Crippen molar-refractivity contribution in [3.8, 4) is 0 Å². The summed E-state index contributed by atoms with van der Waals surface area (Å²) >= 11 is 0. The Morgan fingerprint density at radius 3 is 2.02 bits per heavy atom. The molecule has 0 saturated heterocycles. The van der Waals surface area contributed by atoms with Crippen LogP contribution in [0.15, 0.2) is 42.5 Å². The molecule has 1 aromatic rings. The zero-order chi connectivity index (χ0) is 31.7. The number of ether oxygens (including phenoxy) is 1. The number of amides is 5. The van der Waals surface area contributed by atoms with Crippen LogP contribution >= 0.6 is 0 Å². The second-order valence-electron chi connectivity index (χ2n) is 12.1. The number of imide groups is 1. The van der Waals surface area contributed by atoms with Crippen LogP contribution in [0.1, 0.15) is 66.4 Å². The Labute approximate surface area is 246 Å². The molecule has 0 bridgehead atoms. The third kappa shape index (κ3) is 11.0. The van der Waals surface area contributed by atoms with Gasteiger partial charge in [0.05, 0.1) is 0 Å². The summed E-state index contributed by atoms with van der Waals surface area (Å²) in [5, 5.41) is 14.9. The monoisotopic (exact) mass is 586 g/mol. The summed E-state index contributed by atoms with van der Waals surface area (Å²) in [7, 11) is 0. The van der Waals surface area contributed by atoms with E-state index in [0.29, 0.717) is 12.8 Å². The van der Waals surface area contributed by atoms with Gasteiger partial charge in [-0.3, -0.25) is 29.0 Å². The van der Waals surface area contributed by atoms with Crippen LogP contribution in [0.5, 0.6) is 0 Å². The molecular weight excluding hydrogens is 544 g/mol. The molecule has 230 valence electrons. The van der Waals surface area contributed by atoms with E-state index < -0.39 is 58.9 Å². The van der Waals surface area contributed by atoms with Crippen LogP contribution in [0.3, 0.4) is 0 Å². The zero-order valence-electron chi connectivity index (χ0n) is 25.1. The van der Waals surface area contributed by atoms with E-state index in [9.17, 15) is 33.9 Å². The van der Waals surface area contributed by atoms with Gasteiger partial charge in [-0.25, -0.2) is 9.59 Å². The standard InChI is InChI=1S/C30H42N4O8/c1-29(2,3)34(28(41)42-30(4,5)6)19-23(35)31-22(18-20-12-8-7-9-13-20)26(38)32-21(27(39)40)14-10-11-17-33-24(36)15-16-25(33)37/h7-9,12-13,15-16,21-22H,10-11,14,17-19H2,1-6H3,(H,31,35)(H,32,38)(H,39,40). The fourth-order valence-electron chi connectivity index (χ4n) is 4.13. The minimum absolute atomic E-state index is 0.0488. The molecule has 1 aliphatic rings. The van der Waals surface area contributed by atoms with Gasteiger partial charge in [-0.05, 0) is 66.4 Å². The van der Waals surface area contributed by atoms with Gasteiger partial charge in [-0.2, -0.15) is 0 Å². The van der Waals surface area contributed by atoms with Gasteiger partial charge >= 0.3 is 12.1 Å². The van der Waals surface area contributed by atoms with Crippen molar-refractivity contribution in [3.63, 3.8) is 0 Å². The van der Waals surface area contributed by atoms with Crippen molar-refractivity contribution >= 4 is 35.7 Å². The topological polar surface area (TPSA) is 162 Å². The molecule has 1 aromatic carbocycles. The van der Waals surface area contributed by atoms with Gasteiger partial charge in [0.2, 0.25) is 11.8 Å². The normalized spacial score (nSPS) is 14.8. The number of aliphatic carboxylic acids is 1. The highest BCUT2D eigenvalue weighted by Crippen LogP contribution is 2.18. The predicted molar refractivity (Wildman–Crippen MR) is 154 cm³/mol. The Morgan fingerprint density at radius 2 is 1.50 bits per heavy atom. The van der Waals surface area contributed by atoms with Crippen LogP contribution in [0, 0.1) is 0 Å². The van der Waals surface area contributed by atoms with Crippen LogP contribution in [0.4, 0.5) is 4.79 Å². The lowest BCUT2D eigenvalue weighted by atomic mass is 10.0. The van der Waals surface area contributed by atoms with Gasteiger partial charge in [0.25, 0.3) is 11.8 Å². The molecule has 0 spiro atoms. The number of carbonyl (C=O) groups is 6. The summed E-state index contributed by atoms with van der Waals surface area (Å²) in [4.78, 5) is 77.0. The minimum atomic E-state index is -1.26. The number of rotatable bonds is 13. The van der Waals surface area contributed by atoms with Gasteiger partial charge in [-0.1, -0.05) is 30.3 Å². The lowest BCUT2D eigenvalue weighted by molar-refractivity contribution is -0.142. The average Bonchev–Trinajstić information content (AvgIpc) is 3.19. The van der Waals surface area contributed by atoms with E-state index in [1.165, 1.54) is 17.1 Å². The first-order valence-electron chi connectivity index (χ1n) is 13.9. The van der Waals surface area contributed by atoms with E-state index in [2.05, 4.69) is 10.6 Å². The first-order valence-corrected chi connectivity index (χ1v) is 13.9. The maximum Gasteiger partial charge on any atom is 0.411 e. The SMILES string of the molecule is CC(C)(C)OC(=O)N(CC(=O)NC(Cc1ccccc1)C(=O)NC(CCCCN1C(=O)C=CC1=O)C(=O)O)C(C)(C)C.